The molecule has 2 N–H and O–H groups in total. The Kier molecular flexibility index (Phi) is 6.85. The number of hydrogen-bond donors (Lipinski definition) is 2. The molecule has 1 aromatic heterocycles. The molecule has 0 saturated heterocycles. The van der Waals surface area contributed by atoms with Gasteiger partial charge in [-0.2, -0.15) is 0 Å². The minimum atomic E-state index is -1.05. The molecule has 7 nitrogen and oxygen atoms in total. The largest absolute Gasteiger partial charge is 0.478 e. The lowest BCUT2D eigenvalue weighted by atomic mass is 10.2. The van der Waals surface area contributed by atoms with Crippen LogP contribution in [0.1, 0.15) is 32.9 Å². The maximum Gasteiger partial charge on any atom is 0.339 e. The van der Waals surface area contributed by atoms with E-state index in [-0.39, 0.29) is 36.1 Å². The van der Waals surface area contributed by atoms with Crippen molar-refractivity contribution in [3.63, 3.8) is 0 Å². The van der Waals surface area contributed by atoms with Gasteiger partial charge in [0.1, 0.15) is 11.3 Å². The summed E-state index contributed by atoms with van der Waals surface area (Å²) in [4.78, 5) is 37.3. The summed E-state index contributed by atoms with van der Waals surface area (Å²) in [6.45, 7) is 0.246. The third kappa shape index (κ3) is 5.13. The predicted molar refractivity (Wildman–Crippen MR) is 97.3 cm³/mol. The van der Waals surface area contributed by atoms with E-state index in [2.05, 4.69) is 5.32 Å². The molecule has 0 aliphatic heterocycles. The molecule has 8 heteroatoms. The number of benzene rings is 1. The van der Waals surface area contributed by atoms with E-state index in [1.165, 1.54) is 29.0 Å². The molecule has 0 spiro atoms. The van der Waals surface area contributed by atoms with Gasteiger partial charge in [-0.15, -0.1) is 11.8 Å². The average Bonchev–Trinajstić information content (AvgIpc) is 3.08. The molecule has 0 fully saturated rings. The zero-order valence-electron chi connectivity index (χ0n) is 14.5. The van der Waals surface area contributed by atoms with Crippen LogP contribution >= 0.6 is 11.8 Å². The van der Waals surface area contributed by atoms with E-state index in [0.29, 0.717) is 16.2 Å². The third-order valence-corrected chi connectivity index (χ3v) is 4.66. The summed E-state index contributed by atoms with van der Waals surface area (Å²) in [5.74, 6) is -0.761. The van der Waals surface area contributed by atoms with E-state index < -0.39 is 5.97 Å². The lowest BCUT2D eigenvalue weighted by Crippen LogP contribution is -2.30. The Bertz CT molecular complexity index is 800. The van der Waals surface area contributed by atoms with Gasteiger partial charge in [-0.25, -0.2) is 4.79 Å². The summed E-state index contributed by atoms with van der Waals surface area (Å²) >= 11 is 1.32. The lowest BCUT2D eigenvalue weighted by Gasteiger charge is -2.12. The number of aromatic carboxylic acids is 1. The van der Waals surface area contributed by atoms with Crippen molar-refractivity contribution in [3.8, 4) is 0 Å². The number of carbonyl (C=O) groups excluding carboxylic acids is 2. The van der Waals surface area contributed by atoms with Crippen LogP contribution in [0.2, 0.25) is 0 Å². The fourth-order valence-corrected chi connectivity index (χ4v) is 3.17. The molecule has 138 valence electrons. The summed E-state index contributed by atoms with van der Waals surface area (Å²) in [6.07, 6.45) is 1.56. The second-order valence-corrected chi connectivity index (χ2v) is 6.66. The molecule has 0 atom stereocenters. The van der Waals surface area contributed by atoms with Crippen LogP contribution < -0.4 is 5.32 Å². The normalized spacial score (nSPS) is 10.4. The van der Waals surface area contributed by atoms with Crippen LogP contribution in [-0.2, 0) is 10.5 Å². The quantitative estimate of drug-likeness (QED) is 0.687. The number of nitrogens with zero attached hydrogens (tertiary/aromatic N) is 1. The SMILES string of the molecule is CN(C)C(=O)CCNC(=O)c1ccccc1SCc1occc1C(=O)O. The zero-order chi connectivity index (χ0) is 19.1. The molecule has 0 saturated carbocycles. The Balaban J connectivity index is 2.00. The van der Waals surface area contributed by atoms with Gasteiger partial charge in [-0.3, -0.25) is 9.59 Å². The number of rotatable bonds is 8. The predicted octanol–water partition coefficient (Wildman–Crippen LogP) is 2.48. The van der Waals surface area contributed by atoms with Gasteiger partial charge in [-0.1, -0.05) is 12.1 Å². The number of nitrogens with one attached hydrogen (secondary N) is 1. The molecule has 0 aliphatic carbocycles. The van der Waals surface area contributed by atoms with E-state index in [9.17, 15) is 14.4 Å². The Labute approximate surface area is 155 Å². The zero-order valence-corrected chi connectivity index (χ0v) is 15.3. The number of carbonyl (C=O) groups is 3. The van der Waals surface area contributed by atoms with Gasteiger partial charge < -0.3 is 19.7 Å². The number of thioether (sulfide) groups is 1. The van der Waals surface area contributed by atoms with Crippen LogP contribution in [0.4, 0.5) is 0 Å². The Morgan fingerprint density at radius 3 is 2.58 bits per heavy atom. The molecule has 26 heavy (non-hydrogen) atoms. The average molecular weight is 376 g/mol. The van der Waals surface area contributed by atoms with Crippen LogP contribution in [0.25, 0.3) is 0 Å². The molecule has 0 unspecified atom stereocenters. The van der Waals surface area contributed by atoms with Crippen molar-refractivity contribution < 1.29 is 23.9 Å². The summed E-state index contributed by atoms with van der Waals surface area (Å²) in [5.41, 5.74) is 0.583. The molecule has 1 aromatic carbocycles. The molecule has 2 amide bonds. The molecule has 2 aromatic rings. The molecule has 0 aliphatic rings. The number of carboxylic acids is 1. The maximum absolute atomic E-state index is 12.4. The number of hydrogen-bond acceptors (Lipinski definition) is 5. The van der Waals surface area contributed by atoms with Gasteiger partial charge >= 0.3 is 5.97 Å². The Hall–Kier alpha value is -2.74. The molecule has 0 radical (unpaired) electrons. The standard InChI is InChI=1S/C18H20N2O5S/c1-20(2)16(21)7-9-19-17(22)13-5-3-4-6-15(13)26-11-14-12(18(23)24)8-10-25-14/h3-6,8,10H,7,9,11H2,1-2H3,(H,19,22)(H,23,24). The summed E-state index contributed by atoms with van der Waals surface area (Å²) in [7, 11) is 3.33. The minimum Gasteiger partial charge on any atom is -0.478 e. The number of furan rings is 1. The topological polar surface area (TPSA) is 99.9 Å². The highest BCUT2D eigenvalue weighted by Crippen LogP contribution is 2.28. The van der Waals surface area contributed by atoms with Gasteiger partial charge in [0.2, 0.25) is 5.91 Å². The van der Waals surface area contributed by atoms with E-state index in [4.69, 9.17) is 9.52 Å². The Morgan fingerprint density at radius 1 is 1.15 bits per heavy atom. The van der Waals surface area contributed by atoms with Crippen molar-refractivity contribution in [2.24, 2.45) is 0 Å². The van der Waals surface area contributed by atoms with Gasteiger partial charge in [0.15, 0.2) is 0 Å². The van der Waals surface area contributed by atoms with Crippen molar-refractivity contribution >= 4 is 29.5 Å². The molecule has 0 bridgehead atoms. The molecular weight excluding hydrogens is 356 g/mol. The van der Waals surface area contributed by atoms with Crippen molar-refractivity contribution in [3.05, 3.63) is 53.5 Å². The number of carboxylic acid groups (broad SMARTS) is 1. The first kappa shape index (κ1) is 19.6. The smallest absolute Gasteiger partial charge is 0.339 e. The second kappa shape index (κ2) is 9.10. The van der Waals surface area contributed by atoms with E-state index in [1.807, 2.05) is 0 Å². The Morgan fingerprint density at radius 2 is 1.88 bits per heavy atom. The monoisotopic (exact) mass is 376 g/mol. The molecular formula is C18H20N2O5S. The van der Waals surface area contributed by atoms with Gasteiger partial charge in [0.25, 0.3) is 5.91 Å². The first-order valence-corrected chi connectivity index (χ1v) is 8.88. The lowest BCUT2D eigenvalue weighted by molar-refractivity contribution is -0.128. The van der Waals surface area contributed by atoms with Crippen molar-refractivity contribution in [1.29, 1.82) is 0 Å². The van der Waals surface area contributed by atoms with Crippen molar-refractivity contribution in [2.75, 3.05) is 20.6 Å². The highest BCUT2D eigenvalue weighted by Gasteiger charge is 2.16. The second-order valence-electron chi connectivity index (χ2n) is 5.64. The van der Waals surface area contributed by atoms with E-state index in [0.717, 1.165) is 0 Å². The van der Waals surface area contributed by atoms with Gasteiger partial charge in [0, 0.05) is 32.0 Å². The summed E-state index contributed by atoms with van der Waals surface area (Å²) in [6, 6.07) is 8.42. The van der Waals surface area contributed by atoms with Crippen LogP contribution in [-0.4, -0.2) is 48.4 Å². The van der Waals surface area contributed by atoms with E-state index in [1.54, 1.807) is 38.4 Å². The fraction of sp³-hybridized carbons (Fsp3) is 0.278. The number of amides is 2. The van der Waals surface area contributed by atoms with Crippen LogP contribution in [0.15, 0.2) is 45.9 Å². The van der Waals surface area contributed by atoms with Gasteiger partial charge in [0.05, 0.1) is 17.6 Å². The fourth-order valence-electron chi connectivity index (χ4n) is 2.17. The first-order valence-electron chi connectivity index (χ1n) is 7.90. The minimum absolute atomic E-state index is 0.0630. The highest BCUT2D eigenvalue weighted by molar-refractivity contribution is 7.98. The van der Waals surface area contributed by atoms with E-state index >= 15 is 0 Å². The molecule has 1 heterocycles. The highest BCUT2D eigenvalue weighted by atomic mass is 32.2. The summed E-state index contributed by atoms with van der Waals surface area (Å²) in [5, 5.41) is 11.8. The maximum atomic E-state index is 12.4. The van der Waals surface area contributed by atoms with Crippen LogP contribution in [0, 0.1) is 0 Å². The summed E-state index contributed by atoms with van der Waals surface area (Å²) < 4.78 is 5.22. The molecule has 2 rings (SSSR count). The van der Waals surface area contributed by atoms with Crippen molar-refractivity contribution in [1.82, 2.24) is 10.2 Å². The van der Waals surface area contributed by atoms with Crippen LogP contribution in [0.3, 0.4) is 0 Å². The van der Waals surface area contributed by atoms with Gasteiger partial charge in [-0.05, 0) is 18.2 Å². The van der Waals surface area contributed by atoms with Crippen molar-refractivity contribution in [2.45, 2.75) is 17.1 Å². The van der Waals surface area contributed by atoms with Crippen LogP contribution in [0.5, 0.6) is 0 Å². The third-order valence-electron chi connectivity index (χ3n) is 3.59. The first-order chi connectivity index (χ1) is 12.4.